The Kier molecular flexibility index (Phi) is 6.04. The normalized spacial score (nSPS) is 23.8. The van der Waals surface area contributed by atoms with E-state index >= 15 is 0 Å². The highest BCUT2D eigenvalue weighted by Gasteiger charge is 2.32. The zero-order valence-corrected chi connectivity index (χ0v) is 16.5. The van der Waals surface area contributed by atoms with Crippen molar-refractivity contribution in [1.29, 1.82) is 0 Å². The van der Waals surface area contributed by atoms with Gasteiger partial charge in [0.1, 0.15) is 5.82 Å². The van der Waals surface area contributed by atoms with Crippen molar-refractivity contribution in [3.8, 4) is 11.5 Å². The minimum atomic E-state index is -0.956. The molecule has 1 fully saturated rings. The highest BCUT2D eigenvalue weighted by molar-refractivity contribution is 5.44. The number of rotatable bonds is 4. The van der Waals surface area contributed by atoms with E-state index in [0.29, 0.717) is 44.9 Å². The zero-order chi connectivity index (χ0) is 20.3. The zero-order valence-electron chi connectivity index (χ0n) is 16.5. The van der Waals surface area contributed by atoms with Gasteiger partial charge in [-0.05, 0) is 61.2 Å². The molecule has 0 unspecified atom stereocenters. The van der Waals surface area contributed by atoms with Crippen LogP contribution in [-0.2, 0) is 5.60 Å². The van der Waals surface area contributed by atoms with E-state index in [-0.39, 0.29) is 5.82 Å². The summed E-state index contributed by atoms with van der Waals surface area (Å²) in [6.07, 6.45) is 2.17. The number of nitrogens with zero attached hydrogens (tertiary/aromatic N) is 1. The number of benzene rings is 2. The summed E-state index contributed by atoms with van der Waals surface area (Å²) in [6.45, 7) is 3.19. The maximum absolute atomic E-state index is 13.2. The second kappa shape index (κ2) is 8.69. The van der Waals surface area contributed by atoms with Gasteiger partial charge in [-0.15, -0.1) is 0 Å². The summed E-state index contributed by atoms with van der Waals surface area (Å²) < 4.78 is 24.6. The summed E-state index contributed by atoms with van der Waals surface area (Å²) in [7, 11) is 0. The molecule has 2 atom stereocenters. The van der Waals surface area contributed by atoms with Crippen LogP contribution < -0.4 is 9.47 Å². The molecule has 1 saturated heterocycles. The molecule has 0 aliphatic carbocycles. The molecular formula is C23H28FNO4. The Balaban J connectivity index is 1.40. The van der Waals surface area contributed by atoms with E-state index in [2.05, 4.69) is 4.90 Å². The van der Waals surface area contributed by atoms with Gasteiger partial charge in [0.2, 0.25) is 0 Å². The summed E-state index contributed by atoms with van der Waals surface area (Å²) in [6, 6.07) is 11.7. The lowest BCUT2D eigenvalue weighted by atomic mass is 9.87. The summed E-state index contributed by atoms with van der Waals surface area (Å²) in [4.78, 5) is 2.18. The predicted octanol–water partition coefficient (Wildman–Crippen LogP) is 3.39. The number of fused-ring (bicyclic) bond motifs is 1. The van der Waals surface area contributed by atoms with Gasteiger partial charge in [0, 0.05) is 19.5 Å². The van der Waals surface area contributed by atoms with Crippen LogP contribution in [0.25, 0.3) is 0 Å². The number of hydrogen-bond acceptors (Lipinski definition) is 5. The van der Waals surface area contributed by atoms with Crippen molar-refractivity contribution < 1.29 is 24.1 Å². The number of β-amino-alcohol motifs (C(OH)–C–C–N with tert-alkyl or cyclic N) is 1. The second-order valence-corrected chi connectivity index (χ2v) is 7.97. The van der Waals surface area contributed by atoms with Gasteiger partial charge in [-0.1, -0.05) is 18.2 Å². The minimum Gasteiger partial charge on any atom is -0.490 e. The van der Waals surface area contributed by atoms with Crippen LogP contribution in [0.1, 0.15) is 42.9 Å². The van der Waals surface area contributed by atoms with Gasteiger partial charge < -0.3 is 24.6 Å². The molecule has 2 N–H and O–H groups in total. The van der Waals surface area contributed by atoms with E-state index in [0.717, 1.165) is 36.3 Å². The third-order valence-electron chi connectivity index (χ3n) is 5.88. The third-order valence-corrected chi connectivity index (χ3v) is 5.88. The number of aliphatic hydroxyl groups is 2. The molecule has 0 spiro atoms. The Labute approximate surface area is 170 Å². The van der Waals surface area contributed by atoms with E-state index in [9.17, 15) is 14.6 Å². The van der Waals surface area contributed by atoms with Crippen molar-refractivity contribution in [3.63, 3.8) is 0 Å². The van der Waals surface area contributed by atoms with Crippen molar-refractivity contribution in [2.24, 2.45) is 0 Å². The first kappa shape index (κ1) is 20.1. The van der Waals surface area contributed by atoms with Crippen molar-refractivity contribution >= 4 is 0 Å². The smallest absolute Gasteiger partial charge is 0.161 e. The van der Waals surface area contributed by atoms with E-state index in [1.807, 2.05) is 18.2 Å². The van der Waals surface area contributed by atoms with E-state index < -0.39 is 11.7 Å². The number of ether oxygens (including phenoxy) is 2. The Morgan fingerprint density at radius 3 is 2.52 bits per heavy atom. The fourth-order valence-corrected chi connectivity index (χ4v) is 4.14. The first-order valence-electron chi connectivity index (χ1n) is 10.3. The van der Waals surface area contributed by atoms with Gasteiger partial charge in [0.15, 0.2) is 11.5 Å². The van der Waals surface area contributed by atoms with Crippen molar-refractivity contribution in [3.05, 3.63) is 59.4 Å². The van der Waals surface area contributed by atoms with Gasteiger partial charge in [-0.25, -0.2) is 4.39 Å². The van der Waals surface area contributed by atoms with Crippen molar-refractivity contribution in [2.45, 2.75) is 37.4 Å². The van der Waals surface area contributed by atoms with E-state index in [1.165, 1.54) is 12.1 Å². The van der Waals surface area contributed by atoms with Crippen LogP contribution in [0.5, 0.6) is 11.5 Å². The lowest BCUT2D eigenvalue weighted by Gasteiger charge is -2.28. The van der Waals surface area contributed by atoms with E-state index in [1.54, 1.807) is 12.1 Å². The maximum Gasteiger partial charge on any atom is 0.161 e. The molecule has 2 aliphatic heterocycles. The largest absolute Gasteiger partial charge is 0.490 e. The molecule has 2 aromatic rings. The molecule has 2 aliphatic rings. The highest BCUT2D eigenvalue weighted by Crippen LogP contribution is 2.35. The van der Waals surface area contributed by atoms with Gasteiger partial charge in [-0.3, -0.25) is 0 Å². The lowest BCUT2D eigenvalue weighted by molar-refractivity contribution is 0.0194. The number of likely N-dealkylation sites (tertiary alicyclic amines) is 1. The van der Waals surface area contributed by atoms with Gasteiger partial charge in [-0.2, -0.15) is 0 Å². The molecule has 156 valence electrons. The van der Waals surface area contributed by atoms with Crippen LogP contribution in [0.15, 0.2) is 42.5 Å². The highest BCUT2D eigenvalue weighted by atomic mass is 19.1. The molecule has 0 radical (unpaired) electrons. The number of aliphatic hydroxyl groups excluding tert-OH is 1. The fraction of sp³-hybridized carbons (Fsp3) is 0.478. The molecule has 0 saturated carbocycles. The standard InChI is InChI=1S/C23H28FNO4/c24-19-6-4-18(5-7-19)23(27)9-1-11-25(12-10-23)16-20(26)17-3-8-21-22(15-17)29-14-2-13-28-21/h3-8,15,20,26-27H,1-2,9-14,16H2/t20-,23-/m1/s1. The first-order valence-corrected chi connectivity index (χ1v) is 10.3. The molecule has 5 nitrogen and oxygen atoms in total. The molecule has 6 heteroatoms. The average Bonchev–Trinajstić information content (AvgIpc) is 3.07. The summed E-state index contributed by atoms with van der Waals surface area (Å²) in [5, 5.41) is 21.9. The summed E-state index contributed by atoms with van der Waals surface area (Å²) in [5.41, 5.74) is 0.597. The van der Waals surface area contributed by atoms with Gasteiger partial charge in [0.25, 0.3) is 0 Å². The summed E-state index contributed by atoms with van der Waals surface area (Å²) >= 11 is 0. The molecular weight excluding hydrogens is 373 g/mol. The molecule has 2 aromatic carbocycles. The molecule has 2 heterocycles. The van der Waals surface area contributed by atoms with Crippen LogP contribution in [-0.4, -0.2) is 48.0 Å². The molecule has 4 rings (SSSR count). The Morgan fingerprint density at radius 1 is 0.966 bits per heavy atom. The lowest BCUT2D eigenvalue weighted by Crippen LogP contribution is -2.32. The number of hydrogen-bond donors (Lipinski definition) is 2. The minimum absolute atomic E-state index is 0.300. The van der Waals surface area contributed by atoms with Gasteiger partial charge >= 0.3 is 0 Å². The van der Waals surface area contributed by atoms with Crippen LogP contribution >= 0.6 is 0 Å². The average molecular weight is 401 g/mol. The number of halogens is 1. The topological polar surface area (TPSA) is 62.2 Å². The Morgan fingerprint density at radius 2 is 1.72 bits per heavy atom. The summed E-state index contributed by atoms with van der Waals surface area (Å²) in [5.74, 6) is 1.10. The van der Waals surface area contributed by atoms with E-state index in [4.69, 9.17) is 9.47 Å². The SMILES string of the molecule is O[C@H](CN1CCC[C@](O)(c2ccc(F)cc2)CC1)c1ccc2c(c1)OCCCO2. The maximum atomic E-state index is 13.2. The van der Waals surface area contributed by atoms with Crippen LogP contribution in [0.4, 0.5) is 4.39 Å². The monoisotopic (exact) mass is 401 g/mol. The quantitative estimate of drug-likeness (QED) is 0.822. The molecule has 0 bridgehead atoms. The van der Waals surface area contributed by atoms with Crippen molar-refractivity contribution in [1.82, 2.24) is 4.90 Å². The molecule has 29 heavy (non-hydrogen) atoms. The van der Waals surface area contributed by atoms with Crippen LogP contribution in [0.2, 0.25) is 0 Å². The van der Waals surface area contributed by atoms with Crippen molar-refractivity contribution in [2.75, 3.05) is 32.8 Å². The Bertz CT molecular complexity index is 828. The third kappa shape index (κ3) is 4.71. The van der Waals surface area contributed by atoms with Crippen LogP contribution in [0, 0.1) is 5.82 Å². The molecule has 0 amide bonds. The van der Waals surface area contributed by atoms with Gasteiger partial charge in [0.05, 0.1) is 24.9 Å². The molecule has 0 aromatic heterocycles. The Hall–Kier alpha value is -2.15. The fourth-order valence-electron chi connectivity index (χ4n) is 4.14. The predicted molar refractivity (Wildman–Crippen MR) is 108 cm³/mol. The first-order chi connectivity index (χ1) is 14.0. The van der Waals surface area contributed by atoms with Crippen LogP contribution in [0.3, 0.4) is 0 Å². The second-order valence-electron chi connectivity index (χ2n) is 7.97.